The van der Waals surface area contributed by atoms with Gasteiger partial charge in [0.05, 0.1) is 18.4 Å². The molecule has 2 N–H and O–H groups in total. The normalized spacial score (nSPS) is 11.9. The topological polar surface area (TPSA) is 53.5 Å². The minimum atomic E-state index is -0.226. The van der Waals surface area contributed by atoms with Gasteiger partial charge in [-0.25, -0.2) is 5.43 Å². The van der Waals surface area contributed by atoms with Crippen molar-refractivity contribution in [1.29, 1.82) is 0 Å². The molecule has 0 heterocycles. The molecule has 4 nitrogen and oxygen atoms in total. The molecule has 0 radical (unpaired) electrons. The second-order valence-corrected chi connectivity index (χ2v) is 9.17. The molecule has 0 aliphatic rings. The molecular weight excluding hydrogens is 550 g/mol. The molecule has 0 saturated heterocycles. The third kappa shape index (κ3) is 7.18. The van der Waals surface area contributed by atoms with E-state index in [1.165, 1.54) is 5.56 Å². The Bertz CT molecular complexity index is 891. The van der Waals surface area contributed by atoms with Gasteiger partial charge in [0.2, 0.25) is 0 Å². The van der Waals surface area contributed by atoms with Gasteiger partial charge in [0.15, 0.2) is 0 Å². The lowest BCUT2D eigenvalue weighted by Gasteiger charge is -2.09. The van der Waals surface area contributed by atoms with E-state index in [0.717, 1.165) is 30.2 Å². The highest BCUT2D eigenvalue weighted by atomic mass is 79.9. The predicted octanol–water partition coefficient (Wildman–Crippen LogP) is 6.71. The molecule has 0 bridgehead atoms. The van der Waals surface area contributed by atoms with Gasteiger partial charge >= 0.3 is 0 Å². The van der Waals surface area contributed by atoms with Gasteiger partial charge in [-0.05, 0) is 89.5 Å². The van der Waals surface area contributed by atoms with E-state index in [2.05, 4.69) is 102 Å². The van der Waals surface area contributed by atoms with Crippen LogP contribution in [-0.2, 0) is 4.79 Å². The van der Waals surface area contributed by atoms with Crippen molar-refractivity contribution in [3.8, 4) is 0 Å². The van der Waals surface area contributed by atoms with Gasteiger partial charge in [0.1, 0.15) is 0 Å². The Kier molecular flexibility index (Phi) is 8.92. The first-order valence-corrected chi connectivity index (χ1v) is 11.1. The summed E-state index contributed by atoms with van der Waals surface area (Å²) in [5.74, 6) is 0.292. The van der Waals surface area contributed by atoms with Crippen molar-refractivity contribution in [2.45, 2.75) is 26.7 Å². The van der Waals surface area contributed by atoms with Gasteiger partial charge in [-0.15, -0.1) is 0 Å². The van der Waals surface area contributed by atoms with Gasteiger partial charge < -0.3 is 5.32 Å². The summed E-state index contributed by atoms with van der Waals surface area (Å²) >= 11 is 10.3. The van der Waals surface area contributed by atoms with Crippen LogP contribution in [0.15, 0.2) is 60.5 Å². The Morgan fingerprint density at radius 1 is 1.07 bits per heavy atom. The Morgan fingerprint density at radius 3 is 2.36 bits per heavy atom. The third-order valence-corrected chi connectivity index (χ3v) is 6.40. The third-order valence-electron chi connectivity index (χ3n) is 3.90. The van der Waals surface area contributed by atoms with Crippen molar-refractivity contribution >= 4 is 71.7 Å². The number of allylic oxidation sites excluding steroid dienone is 1. The lowest BCUT2D eigenvalue weighted by Crippen LogP contribution is -2.26. The molecule has 1 amide bonds. The lowest BCUT2D eigenvalue weighted by atomic mass is 10.0. The maximum Gasteiger partial charge on any atom is 0.259 e. The molecule has 0 fully saturated rings. The predicted molar refractivity (Wildman–Crippen MR) is 129 cm³/mol. The molecule has 0 aliphatic heterocycles. The van der Waals surface area contributed by atoms with E-state index in [9.17, 15) is 4.79 Å². The van der Waals surface area contributed by atoms with Gasteiger partial charge in [0, 0.05) is 13.4 Å². The summed E-state index contributed by atoms with van der Waals surface area (Å²) in [4.78, 5) is 12.0. The lowest BCUT2D eigenvalue weighted by molar-refractivity contribution is -0.119. The fraction of sp³-hybridized carbons (Fsp3) is 0.238. The number of benzene rings is 2. The number of carbonyl (C=O) groups excluding carboxylic acids is 1. The van der Waals surface area contributed by atoms with Crippen molar-refractivity contribution < 1.29 is 4.79 Å². The fourth-order valence-corrected chi connectivity index (χ4v) is 3.83. The summed E-state index contributed by atoms with van der Waals surface area (Å²) in [5.41, 5.74) is 6.71. The summed E-state index contributed by atoms with van der Waals surface area (Å²) in [6.07, 6.45) is 3.66. The maximum absolute atomic E-state index is 12.0. The van der Waals surface area contributed by atoms with Gasteiger partial charge in [0.25, 0.3) is 5.91 Å². The second-order valence-electron chi connectivity index (χ2n) is 6.60. The number of amides is 1. The van der Waals surface area contributed by atoms with Crippen molar-refractivity contribution in [2.75, 3.05) is 11.9 Å². The highest BCUT2D eigenvalue weighted by Crippen LogP contribution is 2.32. The largest absolute Gasteiger partial charge is 0.375 e. The van der Waals surface area contributed by atoms with E-state index in [-0.39, 0.29) is 12.5 Å². The zero-order chi connectivity index (χ0) is 20.7. The van der Waals surface area contributed by atoms with Crippen LogP contribution in [0.2, 0.25) is 0 Å². The second kappa shape index (κ2) is 10.9. The minimum absolute atomic E-state index is 0.115. The number of hydrogen-bond donors (Lipinski definition) is 2. The number of halogens is 3. The molecule has 0 aliphatic carbocycles. The molecule has 28 heavy (non-hydrogen) atoms. The summed E-state index contributed by atoms with van der Waals surface area (Å²) in [7, 11) is 0. The zero-order valence-corrected chi connectivity index (χ0v) is 20.7. The molecule has 7 heteroatoms. The highest BCUT2D eigenvalue weighted by Gasteiger charge is 2.06. The Morgan fingerprint density at radius 2 is 1.71 bits per heavy atom. The van der Waals surface area contributed by atoms with Crippen LogP contribution < -0.4 is 10.7 Å². The summed E-state index contributed by atoms with van der Waals surface area (Å²) in [5, 5.41) is 7.09. The van der Waals surface area contributed by atoms with Crippen LogP contribution >= 0.6 is 47.8 Å². The number of nitrogens with zero attached hydrogens (tertiary/aromatic N) is 1. The quantitative estimate of drug-likeness (QED) is 0.220. The molecule has 0 atom stereocenters. The standard InChI is InChI=1S/C21H22Br3N3O/c1-13(2)16-6-4-15(5-7-16)8-14(3)11-26-27-21(28)12-25-20-10-18(23)17(22)9-19(20)24/h4-11,13,25H,12H2,1-3H3,(H,27,28)/b14-8+,26-11-. The number of rotatable bonds is 7. The Balaban J connectivity index is 1.86. The zero-order valence-electron chi connectivity index (χ0n) is 15.9. The first-order chi connectivity index (χ1) is 13.3. The van der Waals surface area contributed by atoms with Crippen LogP contribution in [0.5, 0.6) is 0 Å². The van der Waals surface area contributed by atoms with E-state index in [1.54, 1.807) is 6.21 Å². The van der Waals surface area contributed by atoms with E-state index < -0.39 is 0 Å². The van der Waals surface area contributed by atoms with Crippen LogP contribution in [0.1, 0.15) is 37.8 Å². The van der Waals surface area contributed by atoms with Crippen LogP contribution in [0.3, 0.4) is 0 Å². The molecule has 148 valence electrons. The average molecular weight is 572 g/mol. The van der Waals surface area contributed by atoms with Crippen molar-refractivity contribution in [3.05, 3.63) is 66.5 Å². The van der Waals surface area contributed by atoms with Gasteiger partial charge in [-0.1, -0.05) is 44.2 Å². The van der Waals surface area contributed by atoms with Crippen molar-refractivity contribution in [1.82, 2.24) is 5.43 Å². The number of hydrazone groups is 1. The van der Waals surface area contributed by atoms with E-state index >= 15 is 0 Å². The molecule has 0 aromatic heterocycles. The smallest absolute Gasteiger partial charge is 0.259 e. The molecule has 2 rings (SSSR count). The minimum Gasteiger partial charge on any atom is -0.375 e. The number of carbonyl (C=O) groups is 1. The van der Waals surface area contributed by atoms with Crippen molar-refractivity contribution in [3.63, 3.8) is 0 Å². The summed E-state index contributed by atoms with van der Waals surface area (Å²) in [6.45, 7) is 6.41. The van der Waals surface area contributed by atoms with Gasteiger partial charge in [-0.3, -0.25) is 4.79 Å². The van der Waals surface area contributed by atoms with Crippen molar-refractivity contribution in [2.24, 2.45) is 5.10 Å². The molecule has 0 spiro atoms. The van der Waals surface area contributed by atoms with E-state index in [1.807, 2.05) is 25.1 Å². The Labute approximate surface area is 191 Å². The molecule has 2 aromatic carbocycles. The highest BCUT2D eigenvalue weighted by molar-refractivity contribution is 9.13. The summed E-state index contributed by atoms with van der Waals surface area (Å²) in [6, 6.07) is 12.2. The molecule has 0 unspecified atom stereocenters. The van der Waals surface area contributed by atoms with Crippen LogP contribution in [-0.4, -0.2) is 18.7 Å². The number of hydrogen-bond acceptors (Lipinski definition) is 3. The maximum atomic E-state index is 12.0. The Hall–Kier alpha value is -1.44. The first-order valence-electron chi connectivity index (χ1n) is 8.75. The van der Waals surface area contributed by atoms with Gasteiger partial charge in [-0.2, -0.15) is 5.10 Å². The molecular formula is C21H22Br3N3O. The van der Waals surface area contributed by atoms with E-state index in [4.69, 9.17) is 0 Å². The van der Waals surface area contributed by atoms with Crippen LogP contribution in [0, 0.1) is 0 Å². The first kappa shape index (κ1) is 22.8. The summed E-state index contributed by atoms with van der Waals surface area (Å²) < 4.78 is 2.69. The van der Waals surface area contributed by atoms with Crippen LogP contribution in [0.4, 0.5) is 5.69 Å². The fourth-order valence-electron chi connectivity index (χ4n) is 2.36. The number of nitrogens with one attached hydrogen (secondary N) is 2. The molecule has 2 aromatic rings. The SMILES string of the molecule is CC(/C=N\NC(=O)CNc1cc(Br)c(Br)cc1Br)=C\c1ccc(C(C)C)cc1. The monoisotopic (exact) mass is 569 g/mol. The van der Waals surface area contributed by atoms with Crippen LogP contribution in [0.25, 0.3) is 6.08 Å². The number of anilines is 1. The average Bonchev–Trinajstić information content (AvgIpc) is 2.64. The van der Waals surface area contributed by atoms with E-state index in [0.29, 0.717) is 5.92 Å². The molecule has 0 saturated carbocycles.